The van der Waals surface area contributed by atoms with Gasteiger partial charge in [0.05, 0.1) is 23.8 Å². The SMILES string of the molecule is COc1cc(/C=C2\SC(=S)N(CCC(=O)Nc3nc4c(s3)CCCC4)C2=O)ccc1OC1CCCCC1. The largest absolute Gasteiger partial charge is 0.493 e. The molecule has 0 bridgehead atoms. The van der Waals surface area contributed by atoms with Crippen LogP contribution in [0.3, 0.4) is 0 Å². The number of ether oxygens (including phenoxy) is 2. The third kappa shape index (κ3) is 6.35. The van der Waals surface area contributed by atoms with E-state index >= 15 is 0 Å². The van der Waals surface area contributed by atoms with Gasteiger partial charge in [0.25, 0.3) is 5.91 Å². The Morgan fingerprint density at radius 3 is 2.78 bits per heavy atom. The minimum absolute atomic E-state index is 0.158. The zero-order valence-corrected chi connectivity index (χ0v) is 23.4. The Balaban J connectivity index is 1.19. The number of methoxy groups -OCH3 is 1. The van der Waals surface area contributed by atoms with Crippen molar-refractivity contribution < 1.29 is 19.1 Å². The Bertz CT molecular complexity index is 1200. The average molecular weight is 558 g/mol. The number of rotatable bonds is 8. The second-order valence-electron chi connectivity index (χ2n) is 9.52. The number of thiocarbonyl (C=S) groups is 1. The van der Waals surface area contributed by atoms with Gasteiger partial charge in [-0.25, -0.2) is 4.98 Å². The summed E-state index contributed by atoms with van der Waals surface area (Å²) >= 11 is 8.26. The topological polar surface area (TPSA) is 80.8 Å². The van der Waals surface area contributed by atoms with Crippen molar-refractivity contribution in [2.45, 2.75) is 70.3 Å². The van der Waals surface area contributed by atoms with Gasteiger partial charge < -0.3 is 14.8 Å². The van der Waals surface area contributed by atoms with Crippen LogP contribution in [0.2, 0.25) is 0 Å². The Labute approximate surface area is 231 Å². The molecule has 3 aliphatic rings. The highest BCUT2D eigenvalue weighted by Crippen LogP contribution is 2.36. The third-order valence-corrected chi connectivity index (χ3v) is 9.31. The van der Waals surface area contributed by atoms with E-state index in [0.29, 0.717) is 20.1 Å². The van der Waals surface area contributed by atoms with Gasteiger partial charge in [-0.2, -0.15) is 0 Å². The minimum Gasteiger partial charge on any atom is -0.493 e. The lowest BCUT2D eigenvalue weighted by molar-refractivity contribution is -0.122. The molecule has 2 amide bonds. The van der Waals surface area contributed by atoms with Gasteiger partial charge in [-0.05, 0) is 75.1 Å². The van der Waals surface area contributed by atoms with E-state index in [0.717, 1.165) is 49.1 Å². The normalized spacial score (nSPS) is 19.3. The number of nitrogens with one attached hydrogen (secondary N) is 1. The second-order valence-corrected chi connectivity index (χ2v) is 12.3. The highest BCUT2D eigenvalue weighted by atomic mass is 32.2. The van der Waals surface area contributed by atoms with Crippen LogP contribution in [-0.4, -0.2) is 45.8 Å². The number of nitrogens with zero attached hydrogens (tertiary/aromatic N) is 2. The summed E-state index contributed by atoms with van der Waals surface area (Å²) in [5, 5.41) is 3.54. The van der Waals surface area contributed by atoms with Crippen LogP contribution in [0.5, 0.6) is 11.5 Å². The molecule has 0 radical (unpaired) electrons. The summed E-state index contributed by atoms with van der Waals surface area (Å²) < 4.78 is 12.2. The number of amides is 2. The highest BCUT2D eigenvalue weighted by Gasteiger charge is 2.32. The number of carbonyl (C=O) groups is 2. The number of hydrogen-bond acceptors (Lipinski definition) is 8. The van der Waals surface area contributed by atoms with Crippen LogP contribution in [0.25, 0.3) is 6.08 Å². The van der Waals surface area contributed by atoms with E-state index in [-0.39, 0.29) is 30.9 Å². The molecule has 37 heavy (non-hydrogen) atoms. The molecule has 1 aliphatic heterocycles. The summed E-state index contributed by atoms with van der Waals surface area (Å²) in [7, 11) is 1.62. The number of anilines is 1. The number of fused-ring (bicyclic) bond motifs is 1. The summed E-state index contributed by atoms with van der Waals surface area (Å²) in [5.41, 5.74) is 1.94. The van der Waals surface area contributed by atoms with Crippen molar-refractivity contribution in [2.75, 3.05) is 19.0 Å². The number of benzene rings is 1. The Kier molecular flexibility index (Phi) is 8.46. The summed E-state index contributed by atoms with van der Waals surface area (Å²) in [6.07, 6.45) is 12.3. The molecular formula is C27H31N3O4S3. The number of thiazole rings is 1. The van der Waals surface area contributed by atoms with Crippen molar-refractivity contribution in [1.29, 1.82) is 0 Å². The van der Waals surface area contributed by atoms with Gasteiger partial charge in [-0.15, -0.1) is 11.3 Å². The molecule has 2 heterocycles. The van der Waals surface area contributed by atoms with Gasteiger partial charge in [0.2, 0.25) is 5.91 Å². The fourth-order valence-corrected chi connectivity index (χ4v) is 7.25. The van der Waals surface area contributed by atoms with Crippen molar-refractivity contribution >= 4 is 62.7 Å². The molecule has 0 atom stereocenters. The standard InChI is InChI=1S/C27H31N3O4S3/c1-33-21-15-17(11-12-20(21)34-18-7-3-2-4-8-18)16-23-25(32)30(27(35)37-23)14-13-24(31)29-26-28-19-9-5-6-10-22(19)36-26/h11-12,15-16,18H,2-10,13-14H2,1H3,(H,28,29,31)/b23-16-. The predicted molar refractivity (Wildman–Crippen MR) is 152 cm³/mol. The van der Waals surface area contributed by atoms with E-state index < -0.39 is 0 Å². The van der Waals surface area contributed by atoms with Crippen LogP contribution < -0.4 is 14.8 Å². The number of aryl methyl sites for hydroxylation is 2. The van der Waals surface area contributed by atoms with E-state index in [9.17, 15) is 9.59 Å². The van der Waals surface area contributed by atoms with Gasteiger partial charge in [0.15, 0.2) is 16.6 Å². The third-order valence-electron chi connectivity index (χ3n) is 6.86. The lowest BCUT2D eigenvalue weighted by atomic mass is 9.98. The molecule has 10 heteroatoms. The van der Waals surface area contributed by atoms with Gasteiger partial charge in [-0.3, -0.25) is 14.5 Å². The van der Waals surface area contributed by atoms with Gasteiger partial charge in [-0.1, -0.05) is 36.5 Å². The number of hydrogen-bond donors (Lipinski definition) is 1. The Hall–Kier alpha value is -2.43. The van der Waals surface area contributed by atoms with Crippen LogP contribution in [0.1, 0.15) is 67.5 Å². The number of thioether (sulfide) groups is 1. The zero-order chi connectivity index (χ0) is 25.8. The van der Waals surface area contributed by atoms with E-state index in [4.69, 9.17) is 21.7 Å². The molecule has 5 rings (SSSR count). The number of carbonyl (C=O) groups excluding carboxylic acids is 2. The monoisotopic (exact) mass is 557 g/mol. The van der Waals surface area contributed by atoms with Crippen molar-refractivity contribution in [3.05, 3.63) is 39.2 Å². The van der Waals surface area contributed by atoms with Gasteiger partial charge in [0, 0.05) is 17.8 Å². The minimum atomic E-state index is -0.186. The maximum atomic E-state index is 13.1. The molecule has 1 aromatic carbocycles. The summed E-state index contributed by atoms with van der Waals surface area (Å²) in [5.74, 6) is 1.03. The fourth-order valence-electron chi connectivity index (χ4n) is 4.88. The molecule has 2 fully saturated rings. The quantitative estimate of drug-likeness (QED) is 0.316. The Morgan fingerprint density at radius 1 is 1.19 bits per heavy atom. The molecule has 7 nitrogen and oxygen atoms in total. The van der Waals surface area contributed by atoms with Crippen LogP contribution in [0.4, 0.5) is 5.13 Å². The van der Waals surface area contributed by atoms with Crippen molar-refractivity contribution in [3.63, 3.8) is 0 Å². The summed E-state index contributed by atoms with van der Waals surface area (Å²) in [6.45, 7) is 0.233. The first kappa shape index (κ1) is 26.2. The maximum Gasteiger partial charge on any atom is 0.266 e. The van der Waals surface area contributed by atoms with Crippen LogP contribution in [0.15, 0.2) is 23.1 Å². The zero-order valence-electron chi connectivity index (χ0n) is 20.9. The molecule has 0 spiro atoms. The molecule has 1 saturated heterocycles. The second kappa shape index (κ2) is 12.0. The number of aromatic nitrogens is 1. The van der Waals surface area contributed by atoms with Crippen LogP contribution in [-0.2, 0) is 22.4 Å². The smallest absolute Gasteiger partial charge is 0.266 e. The highest BCUT2D eigenvalue weighted by molar-refractivity contribution is 8.26. The van der Waals surface area contributed by atoms with Crippen LogP contribution in [0, 0.1) is 0 Å². The van der Waals surface area contributed by atoms with E-state index in [1.54, 1.807) is 18.4 Å². The molecule has 2 aromatic rings. The van der Waals surface area contributed by atoms with E-state index in [2.05, 4.69) is 10.3 Å². The molecule has 1 saturated carbocycles. The predicted octanol–water partition coefficient (Wildman–Crippen LogP) is 5.97. The lowest BCUT2D eigenvalue weighted by Gasteiger charge is -2.24. The summed E-state index contributed by atoms with van der Waals surface area (Å²) in [4.78, 5) is 33.5. The average Bonchev–Trinajstić information content (AvgIpc) is 3.43. The molecule has 1 N–H and O–H groups in total. The molecule has 1 aromatic heterocycles. The first-order valence-corrected chi connectivity index (χ1v) is 14.9. The van der Waals surface area contributed by atoms with Crippen LogP contribution >= 0.6 is 35.3 Å². The van der Waals surface area contributed by atoms with Crippen molar-refractivity contribution in [2.24, 2.45) is 0 Å². The molecule has 2 aliphatic carbocycles. The molecule has 196 valence electrons. The van der Waals surface area contributed by atoms with Crippen molar-refractivity contribution in [3.8, 4) is 11.5 Å². The van der Waals surface area contributed by atoms with Gasteiger partial charge in [0.1, 0.15) is 4.32 Å². The molecular weight excluding hydrogens is 527 g/mol. The van der Waals surface area contributed by atoms with Gasteiger partial charge >= 0.3 is 0 Å². The van der Waals surface area contributed by atoms with E-state index in [1.165, 1.54) is 47.2 Å². The first-order valence-electron chi connectivity index (χ1n) is 12.9. The lowest BCUT2D eigenvalue weighted by Crippen LogP contribution is -2.31. The Morgan fingerprint density at radius 2 is 2.00 bits per heavy atom. The fraction of sp³-hybridized carbons (Fsp3) is 0.481. The first-order chi connectivity index (χ1) is 18.0. The van der Waals surface area contributed by atoms with Crippen molar-refractivity contribution in [1.82, 2.24) is 9.88 Å². The molecule has 0 unspecified atom stereocenters. The maximum absolute atomic E-state index is 13.1. The summed E-state index contributed by atoms with van der Waals surface area (Å²) in [6, 6.07) is 5.71. The van der Waals surface area contributed by atoms with E-state index in [1.807, 2.05) is 24.3 Å².